The lowest BCUT2D eigenvalue weighted by Gasteiger charge is -2.13. The Kier molecular flexibility index (Phi) is 8.90. The molecule has 24 heavy (non-hydrogen) atoms. The number of benzene rings is 2. The highest BCUT2D eigenvalue weighted by Gasteiger charge is 2.07. The van der Waals surface area contributed by atoms with Gasteiger partial charge in [0, 0.05) is 19.0 Å². The van der Waals surface area contributed by atoms with Crippen LogP contribution in [0.3, 0.4) is 0 Å². The van der Waals surface area contributed by atoms with Gasteiger partial charge in [0.2, 0.25) is 5.91 Å². The van der Waals surface area contributed by atoms with E-state index < -0.39 is 0 Å². The van der Waals surface area contributed by atoms with Crippen molar-refractivity contribution in [3.8, 4) is 5.75 Å². The van der Waals surface area contributed by atoms with Crippen LogP contribution in [0.1, 0.15) is 30.0 Å². The second-order valence-electron chi connectivity index (χ2n) is 5.52. The maximum atomic E-state index is 11.9. The van der Waals surface area contributed by atoms with E-state index in [0.717, 1.165) is 24.2 Å². The van der Waals surface area contributed by atoms with Crippen molar-refractivity contribution in [3.05, 3.63) is 65.7 Å². The first-order chi connectivity index (χ1) is 11.2. The van der Waals surface area contributed by atoms with Gasteiger partial charge in [-0.3, -0.25) is 4.79 Å². The first-order valence-electron chi connectivity index (χ1n) is 7.89. The van der Waals surface area contributed by atoms with Gasteiger partial charge in [-0.2, -0.15) is 0 Å². The predicted molar refractivity (Wildman–Crippen MR) is 99.6 cm³/mol. The molecule has 0 radical (unpaired) electrons. The third-order valence-corrected chi connectivity index (χ3v) is 3.78. The van der Waals surface area contributed by atoms with E-state index in [0.29, 0.717) is 13.0 Å². The SMILES string of the molecule is COc1ccc(CCCC(=O)NCC(N)c2ccccc2)cc1.Cl. The summed E-state index contributed by atoms with van der Waals surface area (Å²) < 4.78 is 5.13. The molecule has 130 valence electrons. The van der Waals surface area contributed by atoms with E-state index in [1.165, 1.54) is 5.56 Å². The highest BCUT2D eigenvalue weighted by Crippen LogP contribution is 2.13. The van der Waals surface area contributed by atoms with Gasteiger partial charge in [-0.1, -0.05) is 42.5 Å². The van der Waals surface area contributed by atoms with Gasteiger partial charge in [0.1, 0.15) is 5.75 Å². The number of hydrogen-bond donors (Lipinski definition) is 2. The van der Waals surface area contributed by atoms with Crippen LogP contribution in [-0.4, -0.2) is 19.6 Å². The summed E-state index contributed by atoms with van der Waals surface area (Å²) >= 11 is 0. The van der Waals surface area contributed by atoms with E-state index in [4.69, 9.17) is 10.5 Å². The van der Waals surface area contributed by atoms with Crippen LogP contribution in [0.15, 0.2) is 54.6 Å². The van der Waals surface area contributed by atoms with Crippen molar-refractivity contribution in [1.29, 1.82) is 0 Å². The number of carbonyl (C=O) groups excluding carboxylic acids is 1. The van der Waals surface area contributed by atoms with Gasteiger partial charge in [0.25, 0.3) is 0 Å². The Morgan fingerprint density at radius 3 is 2.42 bits per heavy atom. The van der Waals surface area contributed by atoms with E-state index in [1.807, 2.05) is 54.6 Å². The summed E-state index contributed by atoms with van der Waals surface area (Å²) in [4.78, 5) is 11.9. The van der Waals surface area contributed by atoms with Crippen molar-refractivity contribution < 1.29 is 9.53 Å². The van der Waals surface area contributed by atoms with Crippen LogP contribution >= 0.6 is 12.4 Å². The molecule has 0 aromatic heterocycles. The summed E-state index contributed by atoms with van der Waals surface area (Å²) in [6, 6.07) is 17.6. The number of amides is 1. The van der Waals surface area contributed by atoms with Gasteiger partial charge in [0.15, 0.2) is 0 Å². The Balaban J connectivity index is 0.00000288. The van der Waals surface area contributed by atoms with E-state index in [9.17, 15) is 4.79 Å². The van der Waals surface area contributed by atoms with Crippen molar-refractivity contribution in [1.82, 2.24) is 5.32 Å². The molecule has 0 aliphatic rings. The molecular weight excluding hydrogens is 324 g/mol. The van der Waals surface area contributed by atoms with Gasteiger partial charge >= 0.3 is 0 Å². The minimum Gasteiger partial charge on any atom is -0.497 e. The second kappa shape index (κ2) is 10.7. The summed E-state index contributed by atoms with van der Waals surface area (Å²) in [5.74, 6) is 0.895. The summed E-state index contributed by atoms with van der Waals surface area (Å²) in [6.07, 6.45) is 2.20. The predicted octanol–water partition coefficient (Wildman–Crippen LogP) is 3.26. The Hall–Kier alpha value is -2.04. The second-order valence-corrected chi connectivity index (χ2v) is 5.52. The number of aryl methyl sites for hydroxylation is 1. The van der Waals surface area contributed by atoms with E-state index in [2.05, 4.69) is 5.32 Å². The molecule has 0 heterocycles. The molecule has 3 N–H and O–H groups in total. The van der Waals surface area contributed by atoms with Crippen LogP contribution < -0.4 is 15.8 Å². The van der Waals surface area contributed by atoms with Gasteiger partial charge in [-0.15, -0.1) is 12.4 Å². The number of methoxy groups -OCH3 is 1. The molecule has 1 atom stereocenters. The van der Waals surface area contributed by atoms with Crippen molar-refractivity contribution >= 4 is 18.3 Å². The van der Waals surface area contributed by atoms with Crippen molar-refractivity contribution in [2.24, 2.45) is 5.73 Å². The molecule has 1 unspecified atom stereocenters. The lowest BCUT2D eigenvalue weighted by molar-refractivity contribution is -0.121. The molecule has 0 aliphatic carbocycles. The minimum atomic E-state index is -0.165. The molecule has 2 aromatic carbocycles. The van der Waals surface area contributed by atoms with Crippen LogP contribution in [0.2, 0.25) is 0 Å². The Morgan fingerprint density at radius 1 is 1.12 bits per heavy atom. The molecule has 1 amide bonds. The summed E-state index contributed by atoms with van der Waals surface area (Å²) in [6.45, 7) is 0.464. The lowest BCUT2D eigenvalue weighted by Crippen LogP contribution is -2.31. The summed E-state index contributed by atoms with van der Waals surface area (Å²) in [7, 11) is 1.65. The minimum absolute atomic E-state index is 0. The third kappa shape index (κ3) is 6.60. The van der Waals surface area contributed by atoms with E-state index in [-0.39, 0.29) is 24.4 Å². The maximum absolute atomic E-state index is 11.9. The molecular formula is C19H25ClN2O2. The van der Waals surface area contributed by atoms with Gasteiger partial charge in [-0.05, 0) is 36.1 Å². The number of hydrogen-bond acceptors (Lipinski definition) is 3. The van der Waals surface area contributed by atoms with Crippen molar-refractivity contribution in [2.45, 2.75) is 25.3 Å². The average Bonchev–Trinajstić information content (AvgIpc) is 2.61. The quantitative estimate of drug-likeness (QED) is 0.769. The smallest absolute Gasteiger partial charge is 0.220 e. The fourth-order valence-electron chi connectivity index (χ4n) is 2.38. The Morgan fingerprint density at radius 2 is 1.79 bits per heavy atom. The van der Waals surface area contributed by atoms with Crippen LogP contribution in [0.4, 0.5) is 0 Å². The number of carbonyl (C=O) groups is 1. The van der Waals surface area contributed by atoms with Crippen molar-refractivity contribution in [2.75, 3.05) is 13.7 Å². The largest absolute Gasteiger partial charge is 0.497 e. The average molecular weight is 349 g/mol. The molecule has 0 aliphatic heterocycles. The fraction of sp³-hybridized carbons (Fsp3) is 0.316. The third-order valence-electron chi connectivity index (χ3n) is 3.78. The zero-order valence-electron chi connectivity index (χ0n) is 13.9. The first-order valence-corrected chi connectivity index (χ1v) is 7.89. The van der Waals surface area contributed by atoms with Gasteiger partial charge < -0.3 is 15.8 Å². The molecule has 0 bridgehead atoms. The molecule has 0 saturated carbocycles. The molecule has 5 heteroatoms. The lowest BCUT2D eigenvalue weighted by atomic mass is 10.1. The summed E-state index contributed by atoms with van der Waals surface area (Å²) in [5, 5.41) is 2.90. The Bertz CT molecular complexity index is 603. The van der Waals surface area contributed by atoms with Gasteiger partial charge in [0.05, 0.1) is 7.11 Å². The molecule has 0 spiro atoms. The zero-order chi connectivity index (χ0) is 16.5. The number of nitrogens with one attached hydrogen (secondary N) is 1. The molecule has 0 fully saturated rings. The first kappa shape index (κ1) is 20.0. The number of nitrogens with two attached hydrogens (primary N) is 1. The van der Waals surface area contributed by atoms with E-state index in [1.54, 1.807) is 7.11 Å². The molecule has 2 rings (SSSR count). The normalized spacial score (nSPS) is 11.2. The standard InChI is InChI=1S/C19H24N2O2.ClH/c1-23-17-12-10-15(11-13-17)6-5-9-19(22)21-14-18(20)16-7-3-2-4-8-16;/h2-4,7-8,10-13,18H,5-6,9,14,20H2,1H3,(H,21,22);1H. The van der Waals surface area contributed by atoms with E-state index >= 15 is 0 Å². The number of ether oxygens (including phenoxy) is 1. The number of halogens is 1. The van der Waals surface area contributed by atoms with Crippen LogP contribution in [0.25, 0.3) is 0 Å². The highest BCUT2D eigenvalue weighted by molar-refractivity contribution is 5.85. The number of rotatable bonds is 8. The highest BCUT2D eigenvalue weighted by atomic mass is 35.5. The molecule has 4 nitrogen and oxygen atoms in total. The topological polar surface area (TPSA) is 64.3 Å². The van der Waals surface area contributed by atoms with Crippen LogP contribution in [-0.2, 0) is 11.2 Å². The van der Waals surface area contributed by atoms with Crippen LogP contribution in [0, 0.1) is 0 Å². The monoisotopic (exact) mass is 348 g/mol. The molecule has 2 aromatic rings. The van der Waals surface area contributed by atoms with Gasteiger partial charge in [-0.25, -0.2) is 0 Å². The maximum Gasteiger partial charge on any atom is 0.220 e. The zero-order valence-corrected chi connectivity index (χ0v) is 14.7. The van der Waals surface area contributed by atoms with Crippen LogP contribution in [0.5, 0.6) is 5.75 Å². The van der Waals surface area contributed by atoms with Crippen molar-refractivity contribution in [3.63, 3.8) is 0 Å². The molecule has 0 saturated heterocycles. The summed E-state index contributed by atoms with van der Waals surface area (Å²) in [5.41, 5.74) is 8.31. The Labute approximate surface area is 149 Å². The fourth-order valence-corrected chi connectivity index (χ4v) is 2.38.